The first kappa shape index (κ1) is 13.6. The molecule has 0 saturated carbocycles. The van der Waals surface area contributed by atoms with Crippen molar-refractivity contribution < 1.29 is 8.78 Å². The van der Waals surface area contributed by atoms with Crippen molar-refractivity contribution in [2.24, 2.45) is 0 Å². The monoisotopic (exact) mass is 331 g/mol. The largest absolute Gasteiger partial charge is 0.305 e. The number of benzene rings is 1. The van der Waals surface area contributed by atoms with E-state index < -0.39 is 11.6 Å². The van der Waals surface area contributed by atoms with Gasteiger partial charge in [-0.25, -0.2) is 8.78 Å². The minimum Gasteiger partial charge on any atom is -0.305 e. The van der Waals surface area contributed by atoms with Crippen LogP contribution in [0.1, 0.15) is 23.4 Å². The van der Waals surface area contributed by atoms with Crippen molar-refractivity contribution in [1.29, 1.82) is 0 Å². The van der Waals surface area contributed by atoms with E-state index in [4.69, 9.17) is 0 Å². The first-order chi connectivity index (χ1) is 8.56. The predicted molar refractivity (Wildman–Crippen MR) is 73.6 cm³/mol. The fourth-order valence-corrected chi connectivity index (χ4v) is 3.05. The summed E-state index contributed by atoms with van der Waals surface area (Å²) >= 11 is 5.06. The molecule has 18 heavy (non-hydrogen) atoms. The van der Waals surface area contributed by atoms with Gasteiger partial charge in [-0.2, -0.15) is 0 Å². The molecule has 0 aliphatic heterocycles. The second-order valence-corrected chi connectivity index (χ2v) is 5.88. The second kappa shape index (κ2) is 5.91. The van der Waals surface area contributed by atoms with Gasteiger partial charge in [-0.1, -0.05) is 6.07 Å². The van der Waals surface area contributed by atoms with Crippen molar-refractivity contribution in [2.75, 3.05) is 0 Å². The molecule has 1 heterocycles. The summed E-state index contributed by atoms with van der Waals surface area (Å²) < 4.78 is 26.8. The van der Waals surface area contributed by atoms with Crippen molar-refractivity contribution in [3.05, 3.63) is 56.2 Å². The van der Waals surface area contributed by atoms with E-state index in [1.54, 1.807) is 17.4 Å². The lowest BCUT2D eigenvalue weighted by molar-refractivity contribution is 0.504. The van der Waals surface area contributed by atoms with Crippen LogP contribution in [0.25, 0.3) is 0 Å². The summed E-state index contributed by atoms with van der Waals surface area (Å²) in [7, 11) is 0. The fraction of sp³-hybridized carbons (Fsp3) is 0.231. The van der Waals surface area contributed by atoms with Gasteiger partial charge in [0.2, 0.25) is 0 Å². The van der Waals surface area contributed by atoms with E-state index in [0.29, 0.717) is 6.54 Å². The van der Waals surface area contributed by atoms with Crippen LogP contribution in [-0.2, 0) is 6.54 Å². The van der Waals surface area contributed by atoms with Crippen LogP contribution in [0.15, 0.2) is 34.1 Å². The molecule has 0 radical (unpaired) electrons. The Morgan fingerprint density at radius 3 is 2.67 bits per heavy atom. The van der Waals surface area contributed by atoms with Gasteiger partial charge in [-0.05, 0) is 46.6 Å². The molecule has 2 rings (SSSR count). The van der Waals surface area contributed by atoms with Gasteiger partial charge < -0.3 is 5.32 Å². The Morgan fingerprint density at radius 1 is 1.28 bits per heavy atom. The lowest BCUT2D eigenvalue weighted by atomic mass is 10.2. The maximum absolute atomic E-state index is 13.0. The van der Waals surface area contributed by atoms with E-state index in [2.05, 4.69) is 21.2 Å². The van der Waals surface area contributed by atoms with Crippen LogP contribution in [0.2, 0.25) is 0 Å². The third-order valence-corrected chi connectivity index (χ3v) is 4.49. The van der Waals surface area contributed by atoms with Crippen LogP contribution in [0.4, 0.5) is 8.78 Å². The molecule has 0 amide bonds. The minimum absolute atomic E-state index is 0.175. The summed E-state index contributed by atoms with van der Waals surface area (Å²) in [6.07, 6.45) is 0. The Labute approximate surface area is 117 Å². The fourth-order valence-electron chi connectivity index (χ4n) is 1.58. The van der Waals surface area contributed by atoms with E-state index in [-0.39, 0.29) is 6.04 Å². The molecule has 0 spiro atoms. The molecule has 0 aliphatic carbocycles. The van der Waals surface area contributed by atoms with Gasteiger partial charge in [0.25, 0.3) is 0 Å². The van der Waals surface area contributed by atoms with Crippen LogP contribution < -0.4 is 5.32 Å². The van der Waals surface area contributed by atoms with Gasteiger partial charge in [0.1, 0.15) is 0 Å². The molecule has 1 aromatic heterocycles. The lowest BCUT2D eigenvalue weighted by Gasteiger charge is -2.12. The normalized spacial score (nSPS) is 12.7. The summed E-state index contributed by atoms with van der Waals surface area (Å²) in [5.41, 5.74) is 0.733. The Kier molecular flexibility index (Phi) is 4.48. The van der Waals surface area contributed by atoms with Gasteiger partial charge in [-0.3, -0.25) is 0 Å². The van der Waals surface area contributed by atoms with Crippen molar-refractivity contribution >= 4 is 27.3 Å². The van der Waals surface area contributed by atoms with Crippen molar-refractivity contribution in [3.8, 4) is 0 Å². The molecule has 0 fully saturated rings. The number of hydrogen-bond acceptors (Lipinski definition) is 2. The second-order valence-electron chi connectivity index (χ2n) is 4.02. The third-order valence-electron chi connectivity index (χ3n) is 2.61. The van der Waals surface area contributed by atoms with Gasteiger partial charge in [0, 0.05) is 27.3 Å². The van der Waals surface area contributed by atoms with Crippen LogP contribution in [0.5, 0.6) is 0 Å². The Balaban J connectivity index is 1.97. The van der Waals surface area contributed by atoms with Gasteiger partial charge >= 0.3 is 0 Å². The van der Waals surface area contributed by atoms with E-state index >= 15 is 0 Å². The third kappa shape index (κ3) is 3.37. The molecule has 5 heteroatoms. The topological polar surface area (TPSA) is 12.0 Å². The molecular weight excluding hydrogens is 320 g/mol. The average Bonchev–Trinajstić information content (AvgIpc) is 2.77. The molecule has 1 N–H and O–H groups in total. The standard InChI is InChI=1S/C13H12BrF2NS/c1-8(13-5-10(14)7-18-13)17-6-9-2-3-11(15)12(16)4-9/h2-5,7-8,17H,6H2,1H3. The zero-order valence-electron chi connectivity index (χ0n) is 9.71. The van der Waals surface area contributed by atoms with Crippen LogP contribution in [0.3, 0.4) is 0 Å². The van der Waals surface area contributed by atoms with E-state index in [9.17, 15) is 8.78 Å². The smallest absolute Gasteiger partial charge is 0.159 e. The number of rotatable bonds is 4. The molecule has 96 valence electrons. The maximum atomic E-state index is 13.0. The van der Waals surface area contributed by atoms with Crippen LogP contribution >= 0.6 is 27.3 Å². The van der Waals surface area contributed by atoms with Gasteiger partial charge in [-0.15, -0.1) is 11.3 Å². The van der Waals surface area contributed by atoms with Gasteiger partial charge in [0.05, 0.1) is 0 Å². The molecule has 0 bridgehead atoms. The zero-order chi connectivity index (χ0) is 13.1. The zero-order valence-corrected chi connectivity index (χ0v) is 12.1. The highest BCUT2D eigenvalue weighted by Crippen LogP contribution is 2.25. The number of nitrogens with one attached hydrogen (secondary N) is 1. The first-order valence-electron chi connectivity index (χ1n) is 5.47. The quantitative estimate of drug-likeness (QED) is 0.860. The Bertz CT molecular complexity index is 542. The number of halogens is 3. The van der Waals surface area contributed by atoms with Crippen molar-refractivity contribution in [3.63, 3.8) is 0 Å². The number of hydrogen-bond donors (Lipinski definition) is 1. The summed E-state index contributed by atoms with van der Waals surface area (Å²) in [6, 6.07) is 6.18. The summed E-state index contributed by atoms with van der Waals surface area (Å²) in [6.45, 7) is 2.55. The maximum Gasteiger partial charge on any atom is 0.159 e. The van der Waals surface area contributed by atoms with Gasteiger partial charge in [0.15, 0.2) is 11.6 Å². The first-order valence-corrected chi connectivity index (χ1v) is 7.15. The van der Waals surface area contributed by atoms with E-state index in [1.165, 1.54) is 10.9 Å². The van der Waals surface area contributed by atoms with E-state index in [0.717, 1.165) is 16.1 Å². The Morgan fingerprint density at radius 2 is 2.06 bits per heavy atom. The minimum atomic E-state index is -0.811. The highest BCUT2D eigenvalue weighted by atomic mass is 79.9. The molecule has 1 atom stereocenters. The molecular formula is C13H12BrF2NS. The molecule has 0 aliphatic rings. The number of thiophene rings is 1. The van der Waals surface area contributed by atoms with Crippen molar-refractivity contribution in [1.82, 2.24) is 5.32 Å². The Hall–Kier alpha value is -0.780. The SMILES string of the molecule is CC(NCc1ccc(F)c(F)c1)c1cc(Br)cs1. The summed E-state index contributed by atoms with van der Waals surface area (Å²) in [4.78, 5) is 1.20. The van der Waals surface area contributed by atoms with Crippen LogP contribution in [0, 0.1) is 11.6 Å². The molecule has 0 saturated heterocycles. The molecule has 1 nitrogen and oxygen atoms in total. The van der Waals surface area contributed by atoms with Crippen LogP contribution in [-0.4, -0.2) is 0 Å². The predicted octanol–water partition coefficient (Wildman–Crippen LogP) is 4.64. The molecule has 2 aromatic rings. The average molecular weight is 332 g/mol. The lowest BCUT2D eigenvalue weighted by Crippen LogP contribution is -2.17. The molecule has 1 aromatic carbocycles. The van der Waals surface area contributed by atoms with E-state index in [1.807, 2.05) is 18.4 Å². The highest BCUT2D eigenvalue weighted by Gasteiger charge is 2.08. The van der Waals surface area contributed by atoms with Crippen molar-refractivity contribution in [2.45, 2.75) is 19.5 Å². The molecule has 1 unspecified atom stereocenters. The summed E-state index contributed by atoms with van der Waals surface area (Å²) in [5, 5.41) is 5.29. The highest BCUT2D eigenvalue weighted by molar-refractivity contribution is 9.10. The summed E-state index contributed by atoms with van der Waals surface area (Å²) in [5.74, 6) is -1.62.